The molecule has 2 N–H and O–H groups in total. The normalized spacial score (nSPS) is 15.2. The van der Waals surface area contributed by atoms with Crippen LogP contribution in [-0.2, 0) is 4.74 Å². The van der Waals surface area contributed by atoms with Crippen molar-refractivity contribution in [3.05, 3.63) is 64.2 Å². The SMILES string of the molecule is Cc1ccc(NC(=NCCN2CCOCC2)NC(=O)c2ccc(Cl)cc2)c(C)c1. The van der Waals surface area contributed by atoms with Crippen molar-refractivity contribution in [2.75, 3.05) is 44.7 Å². The predicted octanol–water partition coefficient (Wildman–Crippen LogP) is 3.49. The number of hydrogen-bond donors (Lipinski definition) is 2. The standard InChI is InChI=1S/C22H27ClN4O2/c1-16-3-8-20(17(2)15-16)25-22(24-9-10-27-11-13-29-14-12-27)26-21(28)18-4-6-19(23)7-5-18/h3-8,15H,9-14H2,1-2H3,(H2,24,25,26,28). The summed E-state index contributed by atoms with van der Waals surface area (Å²) in [6.07, 6.45) is 0. The highest BCUT2D eigenvalue weighted by Crippen LogP contribution is 2.16. The Morgan fingerprint density at radius 3 is 2.55 bits per heavy atom. The van der Waals surface area contributed by atoms with Crippen LogP contribution in [0.1, 0.15) is 21.5 Å². The Bertz CT molecular complexity index is 862. The van der Waals surface area contributed by atoms with Gasteiger partial charge in [0.1, 0.15) is 0 Å². The maximum absolute atomic E-state index is 12.7. The van der Waals surface area contributed by atoms with Crippen LogP contribution in [-0.4, -0.2) is 56.2 Å². The van der Waals surface area contributed by atoms with Crippen molar-refractivity contribution in [3.63, 3.8) is 0 Å². The van der Waals surface area contributed by atoms with Crippen molar-refractivity contribution in [2.45, 2.75) is 13.8 Å². The fourth-order valence-electron chi connectivity index (χ4n) is 3.10. The molecule has 0 saturated carbocycles. The molecule has 2 aromatic rings. The molecule has 1 aliphatic heterocycles. The monoisotopic (exact) mass is 414 g/mol. The van der Waals surface area contributed by atoms with Crippen LogP contribution < -0.4 is 10.6 Å². The van der Waals surface area contributed by atoms with E-state index >= 15 is 0 Å². The topological polar surface area (TPSA) is 66.0 Å². The van der Waals surface area contributed by atoms with E-state index in [-0.39, 0.29) is 5.91 Å². The van der Waals surface area contributed by atoms with E-state index in [2.05, 4.69) is 33.5 Å². The summed E-state index contributed by atoms with van der Waals surface area (Å²) in [5.74, 6) is 0.203. The van der Waals surface area contributed by atoms with Gasteiger partial charge in [-0.05, 0) is 49.7 Å². The molecule has 0 aliphatic carbocycles. The van der Waals surface area contributed by atoms with Gasteiger partial charge in [0.05, 0.1) is 19.8 Å². The fourth-order valence-corrected chi connectivity index (χ4v) is 3.23. The first-order valence-corrected chi connectivity index (χ1v) is 10.1. The Hall–Kier alpha value is -2.41. The van der Waals surface area contributed by atoms with E-state index in [0.29, 0.717) is 23.1 Å². The number of anilines is 1. The summed E-state index contributed by atoms with van der Waals surface area (Å²) >= 11 is 5.92. The van der Waals surface area contributed by atoms with Crippen molar-refractivity contribution in [2.24, 2.45) is 4.99 Å². The Morgan fingerprint density at radius 2 is 1.86 bits per heavy atom. The van der Waals surface area contributed by atoms with Crippen molar-refractivity contribution < 1.29 is 9.53 Å². The molecule has 0 aromatic heterocycles. The molecule has 0 bridgehead atoms. The van der Waals surface area contributed by atoms with Gasteiger partial charge in [0.2, 0.25) is 5.96 Å². The van der Waals surface area contributed by atoms with Gasteiger partial charge in [-0.2, -0.15) is 0 Å². The van der Waals surface area contributed by atoms with E-state index in [9.17, 15) is 4.79 Å². The number of aliphatic imine (C=N–C) groups is 1. The highest BCUT2D eigenvalue weighted by atomic mass is 35.5. The summed E-state index contributed by atoms with van der Waals surface area (Å²) in [7, 11) is 0. The Balaban J connectivity index is 1.71. The number of benzene rings is 2. The molecular formula is C22H27ClN4O2. The lowest BCUT2D eigenvalue weighted by Crippen LogP contribution is -2.39. The van der Waals surface area contributed by atoms with Crippen LogP contribution in [0.2, 0.25) is 5.02 Å². The first-order chi connectivity index (χ1) is 14.0. The molecule has 0 spiro atoms. The van der Waals surface area contributed by atoms with Gasteiger partial charge < -0.3 is 10.1 Å². The number of nitrogens with one attached hydrogen (secondary N) is 2. The van der Waals surface area contributed by atoms with E-state index in [4.69, 9.17) is 16.3 Å². The van der Waals surface area contributed by atoms with E-state index in [1.54, 1.807) is 24.3 Å². The number of hydrogen-bond acceptors (Lipinski definition) is 4. The summed E-state index contributed by atoms with van der Waals surface area (Å²) in [5.41, 5.74) is 3.71. The van der Waals surface area contributed by atoms with Crippen LogP contribution >= 0.6 is 11.6 Å². The zero-order valence-electron chi connectivity index (χ0n) is 16.9. The number of carbonyl (C=O) groups is 1. The predicted molar refractivity (Wildman–Crippen MR) is 118 cm³/mol. The second-order valence-electron chi connectivity index (χ2n) is 7.09. The lowest BCUT2D eigenvalue weighted by molar-refractivity contribution is 0.0394. The summed E-state index contributed by atoms with van der Waals surface area (Å²) in [5, 5.41) is 6.76. The van der Waals surface area contributed by atoms with Crippen LogP contribution in [0.5, 0.6) is 0 Å². The zero-order chi connectivity index (χ0) is 20.6. The minimum Gasteiger partial charge on any atom is -0.379 e. The van der Waals surface area contributed by atoms with E-state index in [1.807, 2.05) is 19.1 Å². The molecule has 1 fully saturated rings. The third-order valence-corrected chi connectivity index (χ3v) is 5.02. The Labute approximate surface area is 176 Å². The van der Waals surface area contributed by atoms with Gasteiger partial charge in [-0.3, -0.25) is 20.0 Å². The molecule has 6 nitrogen and oxygen atoms in total. The van der Waals surface area contributed by atoms with Crippen LogP contribution in [0.3, 0.4) is 0 Å². The third-order valence-electron chi connectivity index (χ3n) is 4.76. The number of nitrogens with zero attached hydrogens (tertiary/aromatic N) is 2. The van der Waals surface area contributed by atoms with Crippen molar-refractivity contribution in [1.29, 1.82) is 0 Å². The Morgan fingerprint density at radius 1 is 1.14 bits per heavy atom. The molecule has 2 aromatic carbocycles. The quantitative estimate of drug-likeness (QED) is 0.580. The van der Waals surface area contributed by atoms with Crippen molar-refractivity contribution in [1.82, 2.24) is 10.2 Å². The molecule has 29 heavy (non-hydrogen) atoms. The number of rotatable bonds is 5. The van der Waals surface area contributed by atoms with Gasteiger partial charge in [-0.1, -0.05) is 29.3 Å². The number of amides is 1. The molecule has 0 unspecified atom stereocenters. The number of ether oxygens (including phenoxy) is 1. The van der Waals surface area contributed by atoms with Crippen LogP contribution in [0.15, 0.2) is 47.5 Å². The summed E-state index contributed by atoms with van der Waals surface area (Å²) in [6, 6.07) is 12.9. The van der Waals surface area contributed by atoms with Gasteiger partial charge in [0, 0.05) is 35.9 Å². The van der Waals surface area contributed by atoms with Crippen molar-refractivity contribution in [3.8, 4) is 0 Å². The number of halogens is 1. The minimum atomic E-state index is -0.232. The van der Waals surface area contributed by atoms with Gasteiger partial charge in [0.15, 0.2) is 0 Å². The Kier molecular flexibility index (Phi) is 7.63. The summed E-state index contributed by atoms with van der Waals surface area (Å²) < 4.78 is 5.38. The molecule has 1 amide bonds. The summed E-state index contributed by atoms with van der Waals surface area (Å²) in [4.78, 5) is 19.6. The molecule has 154 valence electrons. The smallest absolute Gasteiger partial charge is 0.257 e. The second kappa shape index (κ2) is 10.4. The highest BCUT2D eigenvalue weighted by Gasteiger charge is 2.12. The number of carbonyl (C=O) groups excluding carboxylic acids is 1. The maximum atomic E-state index is 12.7. The average molecular weight is 415 g/mol. The largest absolute Gasteiger partial charge is 0.379 e. The number of guanidine groups is 1. The first-order valence-electron chi connectivity index (χ1n) is 9.77. The molecule has 3 rings (SSSR count). The van der Waals surface area contributed by atoms with Crippen molar-refractivity contribution >= 4 is 29.2 Å². The second-order valence-corrected chi connectivity index (χ2v) is 7.53. The molecule has 0 atom stereocenters. The van der Waals surface area contributed by atoms with Crippen LogP contribution in [0, 0.1) is 13.8 Å². The zero-order valence-corrected chi connectivity index (χ0v) is 17.6. The summed E-state index contributed by atoms with van der Waals surface area (Å²) in [6.45, 7) is 8.80. The molecule has 0 radical (unpaired) electrons. The molecule has 1 heterocycles. The molecule has 1 aliphatic rings. The number of aryl methyl sites for hydroxylation is 2. The minimum absolute atomic E-state index is 0.232. The van der Waals surface area contributed by atoms with E-state index in [0.717, 1.165) is 44.1 Å². The number of morpholine rings is 1. The van der Waals surface area contributed by atoms with Crippen LogP contribution in [0.4, 0.5) is 5.69 Å². The fraction of sp³-hybridized carbons (Fsp3) is 0.364. The highest BCUT2D eigenvalue weighted by molar-refractivity contribution is 6.30. The van der Waals surface area contributed by atoms with Crippen LogP contribution in [0.25, 0.3) is 0 Å². The lowest BCUT2D eigenvalue weighted by atomic mass is 10.1. The lowest BCUT2D eigenvalue weighted by Gasteiger charge is -2.25. The van der Waals surface area contributed by atoms with Gasteiger partial charge in [-0.25, -0.2) is 0 Å². The van der Waals surface area contributed by atoms with E-state index in [1.165, 1.54) is 5.56 Å². The first kappa shape index (κ1) is 21.3. The van der Waals surface area contributed by atoms with Gasteiger partial charge >= 0.3 is 0 Å². The third kappa shape index (κ3) is 6.56. The van der Waals surface area contributed by atoms with Gasteiger partial charge in [0.25, 0.3) is 5.91 Å². The molecular weight excluding hydrogens is 388 g/mol. The van der Waals surface area contributed by atoms with E-state index < -0.39 is 0 Å². The molecule has 1 saturated heterocycles. The maximum Gasteiger partial charge on any atom is 0.257 e. The molecule has 7 heteroatoms. The van der Waals surface area contributed by atoms with Gasteiger partial charge in [-0.15, -0.1) is 0 Å². The average Bonchev–Trinajstić information content (AvgIpc) is 2.71.